The number of anilines is 1. The molecule has 0 spiro atoms. The van der Waals surface area contributed by atoms with Gasteiger partial charge in [-0.15, -0.1) is 11.3 Å². The molecule has 2 aliphatic rings. The molecular formula is C22H29N5O3S. The lowest BCUT2D eigenvalue weighted by atomic mass is 10.1. The number of ether oxygens (including phenoxy) is 1. The molecule has 0 saturated carbocycles. The van der Waals surface area contributed by atoms with Crippen molar-refractivity contribution in [1.29, 1.82) is 0 Å². The number of pyridine rings is 1. The third-order valence-electron chi connectivity index (χ3n) is 5.60. The third-order valence-corrected chi connectivity index (χ3v) is 6.69. The Morgan fingerprint density at radius 3 is 2.68 bits per heavy atom. The normalized spacial score (nSPS) is 18.9. The van der Waals surface area contributed by atoms with Crippen LogP contribution in [0.1, 0.15) is 59.5 Å². The van der Waals surface area contributed by atoms with E-state index < -0.39 is 0 Å². The van der Waals surface area contributed by atoms with Gasteiger partial charge >= 0.3 is 0 Å². The summed E-state index contributed by atoms with van der Waals surface area (Å²) in [6.07, 6.45) is 3.73. The first-order valence-electron chi connectivity index (χ1n) is 10.8. The van der Waals surface area contributed by atoms with Gasteiger partial charge in [-0.2, -0.15) is 0 Å². The van der Waals surface area contributed by atoms with Crippen LogP contribution in [-0.2, 0) is 4.74 Å². The van der Waals surface area contributed by atoms with Crippen molar-refractivity contribution < 1.29 is 14.3 Å². The molecule has 31 heavy (non-hydrogen) atoms. The molecule has 0 radical (unpaired) electrons. The lowest BCUT2D eigenvalue weighted by Crippen LogP contribution is -2.48. The van der Waals surface area contributed by atoms with E-state index in [0.717, 1.165) is 29.8 Å². The van der Waals surface area contributed by atoms with E-state index >= 15 is 0 Å². The van der Waals surface area contributed by atoms with Crippen LogP contribution in [0.25, 0.3) is 10.4 Å². The Labute approximate surface area is 186 Å². The van der Waals surface area contributed by atoms with Crippen molar-refractivity contribution in [3.8, 4) is 10.4 Å². The zero-order valence-electron chi connectivity index (χ0n) is 18.4. The Morgan fingerprint density at radius 1 is 1.32 bits per heavy atom. The zero-order chi connectivity index (χ0) is 22.1. The summed E-state index contributed by atoms with van der Waals surface area (Å²) < 4.78 is 5.13. The molecule has 2 saturated heterocycles. The Hall–Kier alpha value is -2.52. The number of nitrogens with one attached hydrogen (secondary N) is 2. The summed E-state index contributed by atoms with van der Waals surface area (Å²) in [5, 5.41) is 6.51. The van der Waals surface area contributed by atoms with Gasteiger partial charge in [0.2, 0.25) is 0 Å². The number of carbonyl (C=O) groups excluding carboxylic acids is 2. The van der Waals surface area contributed by atoms with Crippen LogP contribution >= 0.6 is 11.3 Å². The zero-order valence-corrected chi connectivity index (χ0v) is 19.2. The second-order valence-corrected chi connectivity index (χ2v) is 9.58. The molecule has 0 aliphatic carbocycles. The van der Waals surface area contributed by atoms with Gasteiger partial charge in [0, 0.05) is 30.4 Å². The van der Waals surface area contributed by atoms with Crippen molar-refractivity contribution >= 4 is 29.0 Å². The number of nitrogens with zero attached hydrogens (tertiary/aromatic N) is 3. The first kappa shape index (κ1) is 21.7. The number of thiazole rings is 1. The molecule has 4 heterocycles. The van der Waals surface area contributed by atoms with E-state index in [2.05, 4.69) is 41.4 Å². The van der Waals surface area contributed by atoms with E-state index in [1.165, 1.54) is 11.3 Å². The molecule has 4 rings (SSSR count). The molecule has 2 aromatic heterocycles. The smallest absolute Gasteiger partial charge is 0.280 e. The van der Waals surface area contributed by atoms with Crippen LogP contribution in [0.4, 0.5) is 5.82 Å². The van der Waals surface area contributed by atoms with Gasteiger partial charge in [0.15, 0.2) is 5.01 Å². The molecule has 9 heteroatoms. The van der Waals surface area contributed by atoms with Gasteiger partial charge in [-0.05, 0) is 52.2 Å². The van der Waals surface area contributed by atoms with Gasteiger partial charge < -0.3 is 20.3 Å². The molecular weight excluding hydrogens is 414 g/mol. The van der Waals surface area contributed by atoms with E-state index in [-0.39, 0.29) is 29.9 Å². The maximum atomic E-state index is 13.4. The van der Waals surface area contributed by atoms with E-state index in [9.17, 15) is 9.59 Å². The Bertz CT molecular complexity index is 986. The molecule has 2 aromatic rings. The topological polar surface area (TPSA) is 96.5 Å². The number of hydrogen-bond acceptors (Lipinski definition) is 7. The summed E-state index contributed by atoms with van der Waals surface area (Å²) in [7, 11) is 0. The van der Waals surface area contributed by atoms with Crippen LogP contribution in [0.15, 0.2) is 12.3 Å². The number of rotatable bonds is 6. The molecule has 0 aromatic carbocycles. The highest BCUT2D eigenvalue weighted by molar-refractivity contribution is 7.17. The van der Waals surface area contributed by atoms with Crippen molar-refractivity contribution in [3.05, 3.63) is 28.5 Å². The van der Waals surface area contributed by atoms with Gasteiger partial charge in [-0.3, -0.25) is 9.59 Å². The van der Waals surface area contributed by atoms with Crippen LogP contribution < -0.4 is 10.6 Å². The molecule has 8 nitrogen and oxygen atoms in total. The van der Waals surface area contributed by atoms with Crippen molar-refractivity contribution in [2.75, 3.05) is 25.1 Å². The SMILES string of the molecule is Cc1cc(NC(C)C)ncc1-c1sc(C(=O)NC2COC2)nc1C(=O)N1CCC[C@@H]1C. The summed E-state index contributed by atoms with van der Waals surface area (Å²) in [4.78, 5) is 37.7. The van der Waals surface area contributed by atoms with Gasteiger partial charge in [-0.25, -0.2) is 9.97 Å². The summed E-state index contributed by atoms with van der Waals surface area (Å²) in [5.74, 6) is 0.396. The third kappa shape index (κ3) is 4.57. The summed E-state index contributed by atoms with van der Waals surface area (Å²) in [6, 6.07) is 2.40. The van der Waals surface area contributed by atoms with Crippen molar-refractivity contribution in [2.45, 2.75) is 58.7 Å². The number of amides is 2. The standard InChI is InChI=1S/C22H29N5O3S/c1-12(2)24-17-8-13(3)16(9-23-17)19-18(22(29)27-7-5-6-14(27)4)26-21(31-19)20(28)25-15-10-30-11-15/h8-9,12,14-15H,5-7,10-11H2,1-4H3,(H,23,24)(H,25,28)/t14-/m0/s1. The second kappa shape index (κ2) is 8.92. The fraction of sp³-hybridized carbons (Fsp3) is 0.545. The van der Waals surface area contributed by atoms with E-state index in [1.807, 2.05) is 17.9 Å². The lowest BCUT2D eigenvalue weighted by Gasteiger charge is -2.26. The molecule has 1 atom stereocenters. The first-order valence-corrected chi connectivity index (χ1v) is 11.6. The van der Waals surface area contributed by atoms with Crippen molar-refractivity contribution in [1.82, 2.24) is 20.2 Å². The van der Waals surface area contributed by atoms with Gasteiger partial charge in [0.05, 0.1) is 24.1 Å². The van der Waals surface area contributed by atoms with Gasteiger partial charge in [0.1, 0.15) is 11.5 Å². The largest absolute Gasteiger partial charge is 0.377 e. The highest BCUT2D eigenvalue weighted by Gasteiger charge is 2.32. The minimum Gasteiger partial charge on any atom is -0.377 e. The number of likely N-dealkylation sites (tertiary alicyclic amines) is 1. The predicted molar refractivity (Wildman–Crippen MR) is 121 cm³/mol. The van der Waals surface area contributed by atoms with E-state index in [1.54, 1.807) is 6.20 Å². The van der Waals surface area contributed by atoms with E-state index in [4.69, 9.17) is 4.74 Å². The maximum Gasteiger partial charge on any atom is 0.280 e. The van der Waals surface area contributed by atoms with Crippen LogP contribution in [0, 0.1) is 6.92 Å². The highest BCUT2D eigenvalue weighted by atomic mass is 32.1. The second-order valence-electron chi connectivity index (χ2n) is 8.58. The fourth-order valence-corrected chi connectivity index (χ4v) is 4.89. The van der Waals surface area contributed by atoms with Gasteiger partial charge in [0.25, 0.3) is 11.8 Å². The minimum atomic E-state index is -0.267. The predicted octanol–water partition coefficient (Wildman–Crippen LogP) is 3.09. The quantitative estimate of drug-likeness (QED) is 0.712. The molecule has 2 aliphatic heterocycles. The Morgan fingerprint density at radius 2 is 2.10 bits per heavy atom. The molecule has 2 amide bonds. The number of hydrogen-bond donors (Lipinski definition) is 2. The first-order chi connectivity index (χ1) is 14.8. The van der Waals surface area contributed by atoms with Crippen LogP contribution in [0.2, 0.25) is 0 Å². The molecule has 166 valence electrons. The molecule has 0 bridgehead atoms. The monoisotopic (exact) mass is 443 g/mol. The minimum absolute atomic E-state index is 0.00222. The van der Waals surface area contributed by atoms with Crippen LogP contribution in [-0.4, -0.2) is 64.6 Å². The van der Waals surface area contributed by atoms with Crippen molar-refractivity contribution in [3.63, 3.8) is 0 Å². The maximum absolute atomic E-state index is 13.4. The summed E-state index contributed by atoms with van der Waals surface area (Å²) in [5.41, 5.74) is 2.14. The number of aromatic nitrogens is 2. The van der Waals surface area contributed by atoms with Crippen LogP contribution in [0.3, 0.4) is 0 Å². The fourth-order valence-electron chi connectivity index (χ4n) is 3.85. The molecule has 2 N–H and O–H groups in total. The van der Waals surface area contributed by atoms with Crippen molar-refractivity contribution in [2.24, 2.45) is 0 Å². The average molecular weight is 444 g/mol. The summed E-state index contributed by atoms with van der Waals surface area (Å²) in [6.45, 7) is 9.89. The number of carbonyl (C=O) groups is 2. The van der Waals surface area contributed by atoms with Gasteiger partial charge in [-0.1, -0.05) is 0 Å². The molecule has 0 unspecified atom stereocenters. The van der Waals surface area contributed by atoms with E-state index in [0.29, 0.717) is 35.3 Å². The number of aryl methyl sites for hydroxylation is 1. The Kier molecular flexibility index (Phi) is 6.24. The average Bonchev–Trinajstić information content (AvgIpc) is 3.30. The Balaban J connectivity index is 1.70. The molecule has 2 fully saturated rings. The van der Waals surface area contributed by atoms with Crippen LogP contribution in [0.5, 0.6) is 0 Å². The summed E-state index contributed by atoms with van der Waals surface area (Å²) >= 11 is 1.25. The highest BCUT2D eigenvalue weighted by Crippen LogP contribution is 2.35. The lowest BCUT2D eigenvalue weighted by molar-refractivity contribution is -0.00346.